The molecule has 1 unspecified atom stereocenters. The molecule has 34 heavy (non-hydrogen) atoms. The Bertz CT molecular complexity index is 980. The summed E-state index contributed by atoms with van der Waals surface area (Å²) in [5.41, 5.74) is 0.917. The van der Waals surface area contributed by atoms with Gasteiger partial charge in [-0.3, -0.25) is 24.2 Å². The maximum Gasteiger partial charge on any atom is 0.289 e. The molecule has 2 heterocycles. The van der Waals surface area contributed by atoms with Crippen molar-refractivity contribution in [1.29, 1.82) is 0 Å². The van der Waals surface area contributed by atoms with Crippen LogP contribution in [-0.2, 0) is 20.9 Å². The van der Waals surface area contributed by atoms with Gasteiger partial charge in [-0.05, 0) is 36.2 Å². The number of rotatable bonds is 10. The summed E-state index contributed by atoms with van der Waals surface area (Å²) in [5, 5.41) is 1.92. The van der Waals surface area contributed by atoms with Gasteiger partial charge in [-0.15, -0.1) is 0 Å². The molecule has 2 aliphatic heterocycles. The van der Waals surface area contributed by atoms with E-state index in [4.69, 9.17) is 9.47 Å². The van der Waals surface area contributed by atoms with E-state index in [1.54, 1.807) is 0 Å². The van der Waals surface area contributed by atoms with Crippen LogP contribution in [0, 0.1) is 0 Å². The second kappa shape index (κ2) is 12.0. The number of benzene rings is 2. The summed E-state index contributed by atoms with van der Waals surface area (Å²) in [6, 6.07) is 17.0. The molecule has 9 heteroatoms. The molecule has 0 radical (unpaired) electrons. The van der Waals surface area contributed by atoms with Crippen LogP contribution >= 0.6 is 11.8 Å². The number of carbonyl (C=O) groups excluding carboxylic acids is 3. The number of ether oxygens (including phenoxy) is 2. The van der Waals surface area contributed by atoms with E-state index in [1.807, 2.05) is 54.6 Å². The Morgan fingerprint density at radius 2 is 1.71 bits per heavy atom. The lowest BCUT2D eigenvalue weighted by Gasteiger charge is -2.27. The van der Waals surface area contributed by atoms with Crippen LogP contribution in [-0.4, -0.2) is 71.5 Å². The van der Waals surface area contributed by atoms with Gasteiger partial charge in [-0.2, -0.15) is 0 Å². The van der Waals surface area contributed by atoms with Crippen molar-refractivity contribution >= 4 is 28.8 Å². The molecular weight excluding hydrogens is 454 g/mol. The van der Waals surface area contributed by atoms with Gasteiger partial charge in [0.2, 0.25) is 11.8 Å². The van der Waals surface area contributed by atoms with Gasteiger partial charge < -0.3 is 14.8 Å². The highest BCUT2D eigenvalue weighted by atomic mass is 32.2. The number of imide groups is 1. The van der Waals surface area contributed by atoms with Crippen molar-refractivity contribution in [1.82, 2.24) is 15.1 Å². The van der Waals surface area contributed by atoms with E-state index in [9.17, 15) is 14.4 Å². The molecule has 2 aromatic carbocycles. The standard InChI is InChI=1S/C25H29N3O5S/c29-23(26-18-19-7-9-21(10-8-19)33-20-5-2-1-3-6-20)17-22-24(30)28(25(31)34-22)12-4-11-27-13-15-32-16-14-27/h1-3,5-10,22H,4,11-18H2,(H,26,29). The van der Waals surface area contributed by atoms with Crippen LogP contribution in [0.3, 0.4) is 0 Å². The van der Waals surface area contributed by atoms with Gasteiger partial charge in [0.15, 0.2) is 0 Å². The molecule has 0 spiro atoms. The number of carbonyl (C=O) groups is 3. The Labute approximate surface area is 203 Å². The average molecular weight is 484 g/mol. The number of amides is 3. The van der Waals surface area contributed by atoms with Crippen LogP contribution in [0.25, 0.3) is 0 Å². The molecule has 0 bridgehead atoms. The topological polar surface area (TPSA) is 88.2 Å². The number of nitrogens with zero attached hydrogens (tertiary/aromatic N) is 2. The van der Waals surface area contributed by atoms with Crippen molar-refractivity contribution in [2.75, 3.05) is 39.4 Å². The predicted octanol–water partition coefficient (Wildman–Crippen LogP) is 3.27. The summed E-state index contributed by atoms with van der Waals surface area (Å²) in [5.74, 6) is 0.946. The van der Waals surface area contributed by atoms with Gasteiger partial charge >= 0.3 is 0 Å². The first-order valence-corrected chi connectivity index (χ1v) is 12.4. The van der Waals surface area contributed by atoms with Crippen molar-refractivity contribution in [2.24, 2.45) is 0 Å². The van der Waals surface area contributed by atoms with Crippen LogP contribution in [0.15, 0.2) is 54.6 Å². The summed E-state index contributed by atoms with van der Waals surface area (Å²) in [6.07, 6.45) is 0.714. The van der Waals surface area contributed by atoms with Gasteiger partial charge in [-0.25, -0.2) is 0 Å². The quantitative estimate of drug-likeness (QED) is 0.555. The zero-order chi connectivity index (χ0) is 23.8. The van der Waals surface area contributed by atoms with E-state index in [0.29, 0.717) is 18.8 Å². The lowest BCUT2D eigenvalue weighted by Crippen LogP contribution is -2.39. The zero-order valence-electron chi connectivity index (χ0n) is 19.0. The molecule has 3 amide bonds. The Hall–Kier alpha value is -2.88. The van der Waals surface area contributed by atoms with Crippen LogP contribution in [0.2, 0.25) is 0 Å². The molecule has 2 saturated heterocycles. The third-order valence-corrected chi connectivity index (χ3v) is 6.80. The van der Waals surface area contributed by atoms with Crippen molar-refractivity contribution in [2.45, 2.75) is 24.6 Å². The maximum atomic E-state index is 12.7. The van der Waals surface area contributed by atoms with Crippen LogP contribution in [0.5, 0.6) is 11.5 Å². The zero-order valence-corrected chi connectivity index (χ0v) is 19.8. The van der Waals surface area contributed by atoms with E-state index in [1.165, 1.54) is 4.90 Å². The Morgan fingerprint density at radius 1 is 1.00 bits per heavy atom. The van der Waals surface area contributed by atoms with E-state index in [2.05, 4.69) is 10.2 Å². The Morgan fingerprint density at radius 3 is 2.44 bits per heavy atom. The summed E-state index contributed by atoms with van der Waals surface area (Å²) in [7, 11) is 0. The summed E-state index contributed by atoms with van der Waals surface area (Å²) < 4.78 is 11.1. The summed E-state index contributed by atoms with van der Waals surface area (Å²) in [6.45, 7) is 4.75. The molecule has 1 N–H and O–H groups in total. The number of hydrogen-bond acceptors (Lipinski definition) is 7. The molecular formula is C25H29N3O5S. The molecule has 2 fully saturated rings. The lowest BCUT2D eigenvalue weighted by atomic mass is 10.2. The number of para-hydroxylation sites is 1. The first-order valence-electron chi connectivity index (χ1n) is 11.5. The fourth-order valence-electron chi connectivity index (χ4n) is 3.85. The smallest absolute Gasteiger partial charge is 0.289 e. The first kappa shape index (κ1) is 24.3. The monoisotopic (exact) mass is 483 g/mol. The Kier molecular flexibility index (Phi) is 8.56. The van der Waals surface area contributed by atoms with Gasteiger partial charge in [0.05, 0.1) is 13.2 Å². The van der Waals surface area contributed by atoms with Crippen LogP contribution in [0.1, 0.15) is 18.4 Å². The van der Waals surface area contributed by atoms with Gasteiger partial charge in [0.1, 0.15) is 16.7 Å². The van der Waals surface area contributed by atoms with Crippen molar-refractivity contribution in [3.05, 3.63) is 60.2 Å². The van der Waals surface area contributed by atoms with Crippen molar-refractivity contribution in [3.8, 4) is 11.5 Å². The summed E-state index contributed by atoms with van der Waals surface area (Å²) >= 11 is 0.947. The van der Waals surface area contributed by atoms with Crippen molar-refractivity contribution < 1.29 is 23.9 Å². The fraction of sp³-hybridized carbons (Fsp3) is 0.400. The first-order chi connectivity index (χ1) is 16.6. The normalized spacial score (nSPS) is 18.8. The SMILES string of the molecule is O=C(CC1SC(=O)N(CCCN2CCOCC2)C1=O)NCc1ccc(Oc2ccccc2)cc1. The molecule has 0 aliphatic carbocycles. The third kappa shape index (κ3) is 6.82. The predicted molar refractivity (Wildman–Crippen MR) is 130 cm³/mol. The average Bonchev–Trinajstić information content (AvgIpc) is 3.12. The number of thioether (sulfide) groups is 1. The van der Waals surface area contributed by atoms with Crippen LogP contribution in [0.4, 0.5) is 4.79 Å². The molecule has 4 rings (SSSR count). The largest absolute Gasteiger partial charge is 0.457 e. The van der Waals surface area contributed by atoms with E-state index in [0.717, 1.165) is 62.3 Å². The molecule has 2 aromatic rings. The lowest BCUT2D eigenvalue weighted by molar-refractivity contribution is -0.129. The second-order valence-electron chi connectivity index (χ2n) is 8.21. The Balaban J connectivity index is 1.18. The number of hydrogen-bond donors (Lipinski definition) is 1. The third-order valence-electron chi connectivity index (χ3n) is 5.73. The molecule has 8 nitrogen and oxygen atoms in total. The molecule has 0 saturated carbocycles. The van der Waals surface area contributed by atoms with E-state index < -0.39 is 5.25 Å². The van der Waals surface area contributed by atoms with E-state index in [-0.39, 0.29) is 23.5 Å². The highest BCUT2D eigenvalue weighted by Gasteiger charge is 2.40. The molecule has 2 aliphatic rings. The van der Waals surface area contributed by atoms with E-state index >= 15 is 0 Å². The minimum Gasteiger partial charge on any atom is -0.457 e. The second-order valence-corrected chi connectivity index (χ2v) is 9.36. The minimum absolute atomic E-state index is 0.00952. The van der Waals surface area contributed by atoms with Gasteiger partial charge in [0, 0.05) is 39.1 Å². The highest BCUT2D eigenvalue weighted by Crippen LogP contribution is 2.29. The van der Waals surface area contributed by atoms with Gasteiger partial charge in [0.25, 0.3) is 5.24 Å². The number of morpholine rings is 1. The van der Waals surface area contributed by atoms with Crippen LogP contribution < -0.4 is 10.1 Å². The van der Waals surface area contributed by atoms with Crippen molar-refractivity contribution in [3.63, 3.8) is 0 Å². The molecule has 180 valence electrons. The maximum absolute atomic E-state index is 12.7. The highest BCUT2D eigenvalue weighted by molar-refractivity contribution is 8.15. The minimum atomic E-state index is -0.655. The van der Waals surface area contributed by atoms with Gasteiger partial charge in [-0.1, -0.05) is 42.1 Å². The molecule has 0 aromatic heterocycles. The molecule has 1 atom stereocenters. The summed E-state index contributed by atoms with van der Waals surface area (Å²) in [4.78, 5) is 40.9. The fourth-order valence-corrected chi connectivity index (χ4v) is 4.86. The number of nitrogens with one attached hydrogen (secondary N) is 1.